The molecule has 0 unspecified atom stereocenters. The van der Waals surface area contributed by atoms with Crippen molar-refractivity contribution in [3.05, 3.63) is 41.9 Å². The van der Waals surface area contributed by atoms with Crippen molar-refractivity contribution in [3.8, 4) is 0 Å². The Morgan fingerprint density at radius 1 is 1.42 bits per heavy atom. The summed E-state index contributed by atoms with van der Waals surface area (Å²) < 4.78 is 5.82. The normalized spacial score (nSPS) is 20.6. The molecule has 0 aromatic carbocycles. The minimum absolute atomic E-state index is 0.00265. The average molecular weight is 329 g/mol. The van der Waals surface area contributed by atoms with Crippen molar-refractivity contribution in [1.29, 1.82) is 0 Å². The lowest BCUT2D eigenvalue weighted by molar-refractivity contribution is -0.135. The van der Waals surface area contributed by atoms with Gasteiger partial charge in [-0.15, -0.1) is 0 Å². The first-order valence-corrected chi connectivity index (χ1v) is 8.16. The van der Waals surface area contributed by atoms with Crippen molar-refractivity contribution in [1.82, 2.24) is 20.5 Å². The molecule has 1 fully saturated rings. The lowest BCUT2D eigenvalue weighted by Crippen LogP contribution is -2.37. The number of rotatable bonds is 5. The van der Waals surface area contributed by atoms with E-state index in [0.29, 0.717) is 13.2 Å². The van der Waals surface area contributed by atoms with E-state index >= 15 is 0 Å². The van der Waals surface area contributed by atoms with E-state index in [4.69, 9.17) is 4.74 Å². The Labute approximate surface area is 141 Å². The Kier molecular flexibility index (Phi) is 5.10. The zero-order chi connectivity index (χ0) is 16.9. The number of nitrogens with one attached hydrogen (secondary N) is 2. The van der Waals surface area contributed by atoms with Gasteiger partial charge < -0.3 is 15.0 Å². The van der Waals surface area contributed by atoms with Crippen LogP contribution in [0.5, 0.6) is 0 Å². The fourth-order valence-corrected chi connectivity index (χ4v) is 3.07. The summed E-state index contributed by atoms with van der Waals surface area (Å²) in [6, 6.07) is 5.72. The summed E-state index contributed by atoms with van der Waals surface area (Å²) in [5, 5.41) is 9.92. The first-order chi connectivity index (χ1) is 11.7. The number of hydrogen-bond donors (Lipinski definition) is 2. The van der Waals surface area contributed by atoms with Crippen LogP contribution in [-0.4, -0.2) is 41.8 Å². The fourth-order valence-electron chi connectivity index (χ4n) is 3.07. The summed E-state index contributed by atoms with van der Waals surface area (Å²) in [7, 11) is 3.88. The minimum Gasteiger partial charge on any atom is -0.371 e. The van der Waals surface area contributed by atoms with E-state index in [0.717, 1.165) is 29.9 Å². The standard InChI is InChI=1S/C17H23N5O2/c1-22(2)16-12(5-3-8-18-16)11-19-17(23)13-6-4-10-24-15(13)14-7-9-20-21-14/h3,5,7-9,13,15H,4,6,10-11H2,1-2H3,(H,19,23)(H,20,21)/t13-,15-/m1/s1. The molecule has 0 bridgehead atoms. The van der Waals surface area contributed by atoms with Crippen LogP contribution in [0.4, 0.5) is 5.82 Å². The average Bonchev–Trinajstić information content (AvgIpc) is 3.14. The molecule has 1 saturated heterocycles. The van der Waals surface area contributed by atoms with Gasteiger partial charge in [-0.2, -0.15) is 5.10 Å². The van der Waals surface area contributed by atoms with Crippen LogP contribution < -0.4 is 10.2 Å². The van der Waals surface area contributed by atoms with E-state index < -0.39 is 0 Å². The summed E-state index contributed by atoms with van der Waals surface area (Å²) in [4.78, 5) is 19.0. The Morgan fingerprint density at radius 3 is 3.04 bits per heavy atom. The van der Waals surface area contributed by atoms with Gasteiger partial charge in [0, 0.05) is 45.2 Å². The maximum atomic E-state index is 12.7. The van der Waals surface area contributed by atoms with Crippen molar-refractivity contribution in [2.24, 2.45) is 5.92 Å². The Bertz CT molecular complexity index is 671. The van der Waals surface area contributed by atoms with Gasteiger partial charge in [0.15, 0.2) is 0 Å². The van der Waals surface area contributed by atoms with Gasteiger partial charge in [-0.25, -0.2) is 4.98 Å². The second kappa shape index (κ2) is 7.44. The van der Waals surface area contributed by atoms with Crippen molar-refractivity contribution in [2.45, 2.75) is 25.5 Å². The van der Waals surface area contributed by atoms with Gasteiger partial charge >= 0.3 is 0 Å². The molecule has 1 aliphatic heterocycles. The highest BCUT2D eigenvalue weighted by Crippen LogP contribution is 2.32. The molecule has 3 heterocycles. The SMILES string of the molecule is CN(C)c1ncccc1CNC(=O)[C@@H]1CCCO[C@H]1c1ccn[nH]1. The molecule has 2 aromatic heterocycles. The predicted octanol–water partition coefficient (Wildman–Crippen LogP) is 1.65. The molecular weight excluding hydrogens is 306 g/mol. The summed E-state index contributed by atoms with van der Waals surface area (Å²) in [6.45, 7) is 1.12. The molecule has 3 rings (SSSR count). The van der Waals surface area contributed by atoms with E-state index in [1.165, 1.54) is 0 Å². The molecular formula is C17H23N5O2. The molecule has 7 heteroatoms. The van der Waals surface area contributed by atoms with Crippen molar-refractivity contribution < 1.29 is 9.53 Å². The lowest BCUT2D eigenvalue weighted by atomic mass is 9.91. The highest BCUT2D eigenvalue weighted by molar-refractivity contribution is 5.79. The van der Waals surface area contributed by atoms with E-state index in [1.54, 1.807) is 12.4 Å². The second-order valence-electron chi connectivity index (χ2n) is 6.15. The van der Waals surface area contributed by atoms with Gasteiger partial charge in [0.05, 0.1) is 11.6 Å². The van der Waals surface area contributed by atoms with Crippen LogP contribution in [0.25, 0.3) is 0 Å². The summed E-state index contributed by atoms with van der Waals surface area (Å²) in [6.07, 6.45) is 4.87. The van der Waals surface area contributed by atoms with Crippen LogP contribution in [0.2, 0.25) is 0 Å². The van der Waals surface area contributed by atoms with Crippen molar-refractivity contribution in [2.75, 3.05) is 25.6 Å². The number of nitrogens with zero attached hydrogens (tertiary/aromatic N) is 3. The molecule has 2 aromatic rings. The summed E-state index contributed by atoms with van der Waals surface area (Å²) in [5.74, 6) is 0.657. The van der Waals surface area contributed by atoms with Crippen LogP contribution >= 0.6 is 0 Å². The summed E-state index contributed by atoms with van der Waals surface area (Å²) in [5.41, 5.74) is 1.84. The molecule has 0 saturated carbocycles. The highest BCUT2D eigenvalue weighted by Gasteiger charge is 2.33. The molecule has 1 amide bonds. The Balaban J connectivity index is 1.68. The van der Waals surface area contributed by atoms with Gasteiger partial charge in [0.2, 0.25) is 5.91 Å². The van der Waals surface area contributed by atoms with Crippen LogP contribution in [0, 0.1) is 5.92 Å². The highest BCUT2D eigenvalue weighted by atomic mass is 16.5. The topological polar surface area (TPSA) is 83.1 Å². The number of amides is 1. The van der Waals surface area contributed by atoms with Crippen LogP contribution in [0.15, 0.2) is 30.6 Å². The van der Waals surface area contributed by atoms with Gasteiger partial charge in [0.25, 0.3) is 0 Å². The quantitative estimate of drug-likeness (QED) is 0.871. The molecule has 128 valence electrons. The van der Waals surface area contributed by atoms with Crippen LogP contribution in [-0.2, 0) is 16.1 Å². The predicted molar refractivity (Wildman–Crippen MR) is 90.4 cm³/mol. The maximum Gasteiger partial charge on any atom is 0.226 e. The monoisotopic (exact) mass is 329 g/mol. The molecule has 0 spiro atoms. The maximum absolute atomic E-state index is 12.7. The summed E-state index contributed by atoms with van der Waals surface area (Å²) >= 11 is 0. The molecule has 0 aliphatic carbocycles. The van der Waals surface area contributed by atoms with Crippen molar-refractivity contribution >= 4 is 11.7 Å². The lowest BCUT2D eigenvalue weighted by Gasteiger charge is -2.30. The Morgan fingerprint density at radius 2 is 2.29 bits per heavy atom. The number of aromatic amines is 1. The Hall–Kier alpha value is -2.41. The zero-order valence-corrected chi connectivity index (χ0v) is 14.0. The number of aromatic nitrogens is 3. The van der Waals surface area contributed by atoms with Gasteiger partial charge in [-0.3, -0.25) is 9.89 Å². The van der Waals surface area contributed by atoms with E-state index in [1.807, 2.05) is 37.2 Å². The van der Waals surface area contributed by atoms with E-state index in [-0.39, 0.29) is 17.9 Å². The number of ether oxygens (including phenoxy) is 1. The van der Waals surface area contributed by atoms with Gasteiger partial charge in [-0.05, 0) is 25.0 Å². The molecule has 24 heavy (non-hydrogen) atoms. The smallest absolute Gasteiger partial charge is 0.226 e. The molecule has 2 N–H and O–H groups in total. The second-order valence-corrected chi connectivity index (χ2v) is 6.15. The largest absolute Gasteiger partial charge is 0.371 e. The number of pyridine rings is 1. The number of hydrogen-bond acceptors (Lipinski definition) is 5. The van der Waals surface area contributed by atoms with Gasteiger partial charge in [-0.1, -0.05) is 6.07 Å². The van der Waals surface area contributed by atoms with Gasteiger partial charge in [0.1, 0.15) is 11.9 Å². The van der Waals surface area contributed by atoms with Crippen LogP contribution in [0.3, 0.4) is 0 Å². The van der Waals surface area contributed by atoms with E-state index in [9.17, 15) is 4.79 Å². The van der Waals surface area contributed by atoms with Crippen molar-refractivity contribution in [3.63, 3.8) is 0 Å². The number of H-pyrrole nitrogens is 1. The molecule has 1 aliphatic rings. The third-order valence-electron chi connectivity index (χ3n) is 4.23. The first-order valence-electron chi connectivity index (χ1n) is 8.16. The third kappa shape index (κ3) is 3.56. The van der Waals surface area contributed by atoms with E-state index in [2.05, 4.69) is 20.5 Å². The zero-order valence-electron chi connectivity index (χ0n) is 14.0. The minimum atomic E-state index is -0.261. The first kappa shape index (κ1) is 16.4. The number of anilines is 1. The number of carbonyl (C=O) groups excluding carboxylic acids is 1. The molecule has 0 radical (unpaired) electrons. The molecule has 2 atom stereocenters. The molecule has 7 nitrogen and oxygen atoms in total. The fraction of sp³-hybridized carbons (Fsp3) is 0.471. The third-order valence-corrected chi connectivity index (χ3v) is 4.23. The number of carbonyl (C=O) groups is 1. The van der Waals surface area contributed by atoms with Crippen LogP contribution in [0.1, 0.15) is 30.2 Å².